The molecule has 6 rings (SSSR count). The van der Waals surface area contributed by atoms with Crippen LogP contribution in [0.1, 0.15) is 32.3 Å². The van der Waals surface area contributed by atoms with E-state index < -0.39 is 23.5 Å². The number of carbonyl (C=O) groups is 2. The zero-order valence-electron chi connectivity index (χ0n) is 25.9. The van der Waals surface area contributed by atoms with Gasteiger partial charge in [-0.1, -0.05) is 77.8 Å². The normalized spacial score (nSPS) is 12.1. The van der Waals surface area contributed by atoms with Gasteiger partial charge in [0, 0.05) is 29.6 Å². The van der Waals surface area contributed by atoms with Crippen LogP contribution in [0.4, 0.5) is 22.0 Å². The first kappa shape index (κ1) is 31.8. The van der Waals surface area contributed by atoms with Gasteiger partial charge in [-0.25, -0.2) is 24.8 Å². The summed E-state index contributed by atoms with van der Waals surface area (Å²) < 4.78 is 11.9. The number of para-hydroxylation sites is 3. The minimum atomic E-state index is -0.947. The van der Waals surface area contributed by atoms with Crippen molar-refractivity contribution in [1.82, 2.24) is 15.3 Å². The molecule has 1 unspecified atom stereocenters. The zero-order valence-corrected chi connectivity index (χ0v) is 27.4. The molecule has 2 aromatic heterocycles. The van der Waals surface area contributed by atoms with Crippen LogP contribution in [-0.2, 0) is 9.53 Å². The number of alkyl carbamates (subject to hydrolysis) is 1. The predicted molar refractivity (Wildman–Crippen MR) is 185 cm³/mol. The molecule has 0 spiro atoms. The summed E-state index contributed by atoms with van der Waals surface area (Å²) in [4.78, 5) is 36.7. The van der Waals surface area contributed by atoms with Crippen molar-refractivity contribution < 1.29 is 18.7 Å². The van der Waals surface area contributed by atoms with Gasteiger partial charge in [-0.05, 0) is 62.7 Å². The summed E-state index contributed by atoms with van der Waals surface area (Å²) in [6.45, 7) is 5.19. The van der Waals surface area contributed by atoms with Crippen molar-refractivity contribution in [2.45, 2.75) is 32.3 Å². The molecule has 0 radical (unpaired) electrons. The van der Waals surface area contributed by atoms with Crippen molar-refractivity contribution in [3.63, 3.8) is 0 Å². The van der Waals surface area contributed by atoms with Crippen molar-refractivity contribution in [1.29, 1.82) is 0 Å². The summed E-state index contributed by atoms with van der Waals surface area (Å²) in [7, 11) is 0. The van der Waals surface area contributed by atoms with Crippen LogP contribution in [0.3, 0.4) is 0 Å². The van der Waals surface area contributed by atoms with Gasteiger partial charge >= 0.3 is 6.09 Å². The third-order valence-corrected chi connectivity index (χ3v) is 8.04. The van der Waals surface area contributed by atoms with Crippen LogP contribution < -0.4 is 15.3 Å². The van der Waals surface area contributed by atoms with Gasteiger partial charge in [0.05, 0.1) is 21.7 Å². The lowest BCUT2D eigenvalue weighted by molar-refractivity contribution is -0.120. The monoisotopic (exact) mass is 667 g/mol. The minimum Gasteiger partial charge on any atom is -0.454 e. The van der Waals surface area contributed by atoms with Crippen molar-refractivity contribution in [3.05, 3.63) is 125 Å². The topological polar surface area (TPSA) is 101 Å². The number of carbonyl (C=O) groups excluding carboxylic acids is 2. The van der Waals surface area contributed by atoms with E-state index in [0.717, 1.165) is 10.8 Å². The molecule has 6 aromatic rings. The van der Waals surface area contributed by atoms with Crippen molar-refractivity contribution in [2.75, 3.05) is 16.6 Å². The lowest BCUT2D eigenvalue weighted by atomic mass is 9.97. The molecule has 0 bridgehead atoms. The number of hydrazine groups is 1. The minimum absolute atomic E-state index is 0.110. The molecule has 0 saturated carbocycles. The van der Waals surface area contributed by atoms with E-state index in [1.807, 2.05) is 72.8 Å². The van der Waals surface area contributed by atoms with Gasteiger partial charge in [-0.15, -0.1) is 0 Å². The highest BCUT2D eigenvalue weighted by Gasteiger charge is 2.35. The van der Waals surface area contributed by atoms with Crippen molar-refractivity contribution >= 4 is 74.3 Å². The number of furan rings is 1. The molecule has 238 valence electrons. The average Bonchev–Trinajstić information content (AvgIpc) is 3.44. The second-order valence-corrected chi connectivity index (χ2v) is 12.5. The Morgan fingerprint density at radius 2 is 1.64 bits per heavy atom. The molecule has 9 nitrogen and oxygen atoms in total. The first-order chi connectivity index (χ1) is 22.6. The Balaban J connectivity index is 1.54. The highest BCUT2D eigenvalue weighted by atomic mass is 35.5. The second-order valence-electron chi connectivity index (χ2n) is 11.7. The molecular formula is C36H31Cl2N5O4. The van der Waals surface area contributed by atoms with Crippen LogP contribution in [0, 0.1) is 0 Å². The number of rotatable bonds is 8. The summed E-state index contributed by atoms with van der Waals surface area (Å²) in [5, 5.41) is 8.40. The van der Waals surface area contributed by atoms with Crippen LogP contribution in [0.15, 0.2) is 114 Å². The van der Waals surface area contributed by atoms with E-state index in [4.69, 9.17) is 32.4 Å². The largest absolute Gasteiger partial charge is 0.454 e. The number of anilines is 3. The smallest absolute Gasteiger partial charge is 0.407 e. The number of benzene rings is 4. The molecule has 0 aliphatic carbocycles. The lowest BCUT2D eigenvalue weighted by Crippen LogP contribution is -2.49. The molecular weight excluding hydrogens is 637 g/mol. The maximum Gasteiger partial charge on any atom is 0.407 e. The van der Waals surface area contributed by atoms with E-state index >= 15 is 4.79 Å². The summed E-state index contributed by atoms with van der Waals surface area (Å²) in [6, 6.07) is 29.3. The number of hydrogen-bond acceptors (Lipinski definition) is 7. The number of fused-ring (bicyclic) bond motifs is 3. The van der Waals surface area contributed by atoms with E-state index in [-0.39, 0.29) is 11.6 Å². The number of nitrogens with zero attached hydrogens (tertiary/aromatic N) is 4. The summed E-state index contributed by atoms with van der Waals surface area (Å²) in [5.41, 5.74) is 2.14. The van der Waals surface area contributed by atoms with E-state index in [2.05, 4.69) is 15.3 Å². The fraction of sp³-hybridized carbons (Fsp3) is 0.167. The van der Waals surface area contributed by atoms with Crippen LogP contribution in [-0.4, -0.2) is 34.1 Å². The quantitative estimate of drug-likeness (QED) is 0.162. The number of ether oxygens (including phenoxy) is 1. The van der Waals surface area contributed by atoms with E-state index in [1.54, 1.807) is 56.2 Å². The van der Waals surface area contributed by atoms with Crippen molar-refractivity contribution in [2.24, 2.45) is 0 Å². The molecule has 2 heterocycles. The Kier molecular flexibility index (Phi) is 9.02. The molecule has 0 aliphatic heterocycles. The second kappa shape index (κ2) is 13.3. The number of hydrogen-bond donors (Lipinski definition) is 1. The molecule has 0 aliphatic rings. The Hall–Kier alpha value is -5.12. The Morgan fingerprint density at radius 1 is 0.894 bits per heavy atom. The van der Waals surface area contributed by atoms with Gasteiger partial charge in [0.2, 0.25) is 0 Å². The fourth-order valence-corrected chi connectivity index (χ4v) is 5.58. The molecule has 2 amide bonds. The number of amides is 2. The Bertz CT molecular complexity index is 2050. The molecule has 1 atom stereocenters. The van der Waals surface area contributed by atoms with E-state index in [0.29, 0.717) is 38.9 Å². The first-order valence-electron chi connectivity index (χ1n) is 14.9. The molecule has 4 aromatic carbocycles. The van der Waals surface area contributed by atoms with Gasteiger partial charge in [0.15, 0.2) is 11.4 Å². The lowest BCUT2D eigenvalue weighted by Gasteiger charge is -2.37. The van der Waals surface area contributed by atoms with Gasteiger partial charge in [0.1, 0.15) is 23.2 Å². The molecule has 47 heavy (non-hydrogen) atoms. The average molecular weight is 669 g/mol. The number of nitrogens with one attached hydrogen (secondary N) is 1. The summed E-state index contributed by atoms with van der Waals surface area (Å²) in [6.07, 6.45) is 2.35. The van der Waals surface area contributed by atoms with Gasteiger partial charge in [0.25, 0.3) is 5.91 Å². The fourth-order valence-electron chi connectivity index (χ4n) is 5.28. The Labute approximate surface area is 281 Å². The zero-order chi connectivity index (χ0) is 33.1. The molecule has 0 saturated heterocycles. The van der Waals surface area contributed by atoms with Crippen molar-refractivity contribution in [3.8, 4) is 0 Å². The third-order valence-electron chi connectivity index (χ3n) is 7.30. The number of halogens is 2. The SMILES string of the molecule is CC(C)(C)OC(=O)NCC(C(=O)N(c1ccccc1)N(c1ccncn1)c1cccc2c1oc1ccccc12)c1ccc(Cl)c(Cl)c1. The van der Waals surface area contributed by atoms with Gasteiger partial charge in [-0.2, -0.15) is 0 Å². The van der Waals surface area contributed by atoms with Crippen LogP contribution in [0.25, 0.3) is 21.9 Å². The van der Waals surface area contributed by atoms with E-state index in [1.165, 1.54) is 11.3 Å². The number of aromatic nitrogens is 2. The predicted octanol–water partition coefficient (Wildman–Crippen LogP) is 9.08. The standard InChI is InChI=1S/C36H31Cl2N5O4/c1-36(2,3)47-35(45)40-21-27(23-16-17-28(37)29(38)20-23)34(44)42(24-10-5-4-6-11-24)43(32-18-19-39-22-41-32)30-14-9-13-26-25-12-7-8-15-31(25)46-33(26)30/h4-20,22,27H,21H2,1-3H3,(H,40,45). The molecule has 0 fully saturated rings. The summed E-state index contributed by atoms with van der Waals surface area (Å²) >= 11 is 12.7. The molecule has 11 heteroatoms. The highest BCUT2D eigenvalue weighted by Crippen LogP contribution is 2.40. The van der Waals surface area contributed by atoms with Crippen LogP contribution in [0.2, 0.25) is 10.0 Å². The van der Waals surface area contributed by atoms with E-state index in [9.17, 15) is 4.79 Å². The Morgan fingerprint density at radius 3 is 2.36 bits per heavy atom. The summed E-state index contributed by atoms with van der Waals surface area (Å²) in [5.74, 6) is -0.952. The maximum absolute atomic E-state index is 15.2. The highest BCUT2D eigenvalue weighted by molar-refractivity contribution is 6.42. The molecule has 1 N–H and O–H groups in total. The van der Waals surface area contributed by atoms with Gasteiger partial charge in [-0.3, -0.25) is 4.79 Å². The van der Waals surface area contributed by atoms with Crippen LogP contribution in [0.5, 0.6) is 0 Å². The third kappa shape index (κ3) is 6.86. The maximum atomic E-state index is 15.2. The van der Waals surface area contributed by atoms with Gasteiger partial charge < -0.3 is 14.5 Å². The first-order valence-corrected chi connectivity index (χ1v) is 15.6. The van der Waals surface area contributed by atoms with Crippen LogP contribution >= 0.6 is 23.2 Å².